The first-order valence-electron chi connectivity index (χ1n) is 13.9. The van der Waals surface area contributed by atoms with E-state index in [0.717, 1.165) is 33.3 Å². The number of allylic oxidation sites excluding steroid dienone is 4. The molecule has 49 heavy (non-hydrogen) atoms. The number of aldehydes is 1. The summed E-state index contributed by atoms with van der Waals surface area (Å²) in [6, 6.07) is 0. The van der Waals surface area contributed by atoms with E-state index in [9.17, 15) is 8.42 Å². The van der Waals surface area contributed by atoms with Crippen molar-refractivity contribution in [2.24, 2.45) is 15.7 Å². The number of carboxylic acid groups (broad SMARTS) is 1. The third kappa shape index (κ3) is 2440. The molecule has 15 heteroatoms. The number of aliphatic carboxylic acids is 1. The number of isothiocyanates is 1. The number of aliphatic hydroxyl groups excluding tert-OH is 1. The molecule has 0 radical (unpaired) electrons. The van der Waals surface area contributed by atoms with E-state index in [1.54, 1.807) is 26.3 Å². The smallest absolute Gasteiger partial charge is 0.300 e. The number of terminal acetylenes is 2. The van der Waals surface area contributed by atoms with E-state index in [2.05, 4.69) is 84.1 Å². The minimum atomic E-state index is -3.67. The second-order valence-corrected chi connectivity index (χ2v) is 8.26. The molecule has 12 nitrogen and oxygen atoms in total. The molecule has 1 rings (SSSR count). The van der Waals surface area contributed by atoms with E-state index in [-0.39, 0.29) is 0 Å². The summed E-state index contributed by atoms with van der Waals surface area (Å²) >= 11 is 7.66. The van der Waals surface area contributed by atoms with Gasteiger partial charge in [-0.05, 0) is 80.4 Å². The molecule has 0 amide bonds. The topological polar surface area (TPSA) is 209 Å². The number of hydrogen-bond donors (Lipinski definition) is 5. The number of carbonyl (C=O) groups excluding carboxylic acids is 2. The largest absolute Gasteiger partial charge is 0.481 e. The Kier molecular flexibility index (Phi) is 225. The number of carboxylic acids is 1. The van der Waals surface area contributed by atoms with Gasteiger partial charge in [-0.2, -0.15) is 21.0 Å². The van der Waals surface area contributed by atoms with Crippen molar-refractivity contribution >= 4 is 58.5 Å². The van der Waals surface area contributed by atoms with Gasteiger partial charge in [0.15, 0.2) is 0 Å². The van der Waals surface area contributed by atoms with Crippen molar-refractivity contribution in [2.75, 3.05) is 47.4 Å². The maximum absolute atomic E-state index is 9.19. The zero-order chi connectivity index (χ0) is 43.1. The number of aliphatic hydroxyl groups is 1. The van der Waals surface area contributed by atoms with E-state index in [1.807, 2.05) is 53.7 Å². The average molecular weight is 762 g/mol. The lowest BCUT2D eigenvalue weighted by atomic mass is 10.4. The first kappa shape index (κ1) is 85.4. The van der Waals surface area contributed by atoms with E-state index in [1.165, 1.54) is 39.1 Å². The van der Waals surface area contributed by atoms with Crippen molar-refractivity contribution in [1.82, 2.24) is 0 Å². The number of epoxide rings is 1. The molecule has 0 bridgehead atoms. The van der Waals surface area contributed by atoms with Crippen LogP contribution in [0, 0.1) is 24.7 Å². The van der Waals surface area contributed by atoms with Gasteiger partial charge in [-0.1, -0.05) is 37.6 Å². The molecule has 1 atom stereocenters. The molecule has 294 valence electrons. The third-order valence-electron chi connectivity index (χ3n) is 1.58. The first-order valence-corrected chi connectivity index (χ1v) is 17.1. The minimum absolute atomic E-state index is 0.634. The molecule has 0 saturated carbocycles. The standard InChI is InChI=1S/C4H8O.2C4H8.C4H6.C3H6.C3H4.C2H3NO.C2H3NS.C2H4O2.C2H4O.CH5N.CH4O3S.CH4O.CH4S/c1-2-4-3-5-4;1-4(2)3;2*1-3-4-2;2*1-3-2;2*1-3-2-4;1-2(3)4;1-2-3;1-2;1-5(2,3)4;2*1-2/h4H,2-3H2,1H3;1H2,2-3H3;3-4H,1-2H3;1H,4H2,2H3;3H,1H2,2H3;1H,2H3;2*1H3;1H3,(H,3,4);2H,1H3;2H2,1H3;1H3,(H,2,3,4);2*2H,1H3. The van der Waals surface area contributed by atoms with Gasteiger partial charge in [0.25, 0.3) is 16.1 Å². The summed E-state index contributed by atoms with van der Waals surface area (Å²) in [6.45, 7) is 26.0. The van der Waals surface area contributed by atoms with Crippen LogP contribution in [0.3, 0.4) is 0 Å². The highest BCUT2D eigenvalue weighted by Gasteiger charge is 2.18. The van der Waals surface area contributed by atoms with Crippen molar-refractivity contribution in [3.8, 4) is 24.7 Å². The van der Waals surface area contributed by atoms with Crippen molar-refractivity contribution in [3.63, 3.8) is 0 Å². The fraction of sp³-hybridized carbons (Fsp3) is 0.588. The Balaban J connectivity index is -0.0000000261. The summed E-state index contributed by atoms with van der Waals surface area (Å²) in [5.41, 5.74) is 5.67. The van der Waals surface area contributed by atoms with Crippen LogP contribution in [0.25, 0.3) is 0 Å². The Morgan fingerprint density at radius 1 is 1.06 bits per heavy atom. The van der Waals surface area contributed by atoms with Crippen LogP contribution in [0.5, 0.6) is 0 Å². The summed E-state index contributed by atoms with van der Waals surface area (Å²) in [5.74, 6) is 3.85. The average Bonchev–Trinajstić information content (AvgIpc) is 3.89. The van der Waals surface area contributed by atoms with E-state index in [0.29, 0.717) is 12.4 Å². The Morgan fingerprint density at radius 2 is 1.20 bits per heavy atom. The molecule has 0 aromatic heterocycles. The molecular formula is C34H71N3O9S3. The SMILES string of the molecule is C#CC.C#CCC.C=C(C)C.C=CC.CC(=O)O.CC=CC.CC=O.CCC1CO1.CN.CN=C=O.CN=C=S.CO.CS.CS(=O)(=O)O. The predicted octanol–water partition coefficient (Wildman–Crippen LogP) is 7.02. The highest BCUT2D eigenvalue weighted by molar-refractivity contribution is 7.85. The van der Waals surface area contributed by atoms with Gasteiger partial charge in [0, 0.05) is 34.5 Å². The van der Waals surface area contributed by atoms with Crippen LogP contribution in [-0.2, 0) is 29.2 Å². The number of isocyanates is 1. The van der Waals surface area contributed by atoms with Crippen LogP contribution in [0.15, 0.2) is 46.9 Å². The second kappa shape index (κ2) is 129. The van der Waals surface area contributed by atoms with Gasteiger partial charge >= 0.3 is 0 Å². The van der Waals surface area contributed by atoms with Crippen molar-refractivity contribution in [2.45, 2.75) is 88.2 Å². The highest BCUT2D eigenvalue weighted by Crippen LogP contribution is 2.10. The van der Waals surface area contributed by atoms with Crippen LogP contribution in [0.2, 0.25) is 0 Å². The molecule has 1 fully saturated rings. The van der Waals surface area contributed by atoms with E-state index < -0.39 is 16.1 Å². The maximum Gasteiger partial charge on any atom is 0.300 e. The van der Waals surface area contributed by atoms with Gasteiger partial charge in [-0.3, -0.25) is 9.35 Å². The number of thiol groups is 1. The Labute approximate surface area is 312 Å². The monoisotopic (exact) mass is 761 g/mol. The Morgan fingerprint density at radius 3 is 1.20 bits per heavy atom. The number of thiocarbonyl (C=S) groups is 1. The molecule has 1 aliphatic rings. The number of ether oxygens (including phenoxy) is 1. The Bertz CT molecular complexity index is 829. The molecule has 0 aromatic rings. The van der Waals surface area contributed by atoms with Gasteiger partial charge in [0.05, 0.1) is 24.1 Å². The highest BCUT2D eigenvalue weighted by atomic mass is 32.2. The number of rotatable bonds is 1. The summed E-state index contributed by atoms with van der Waals surface area (Å²) in [5, 5.41) is 16.6. The minimum Gasteiger partial charge on any atom is -0.481 e. The van der Waals surface area contributed by atoms with Gasteiger partial charge in [0.2, 0.25) is 6.08 Å². The molecule has 0 aliphatic carbocycles. The number of aliphatic imine (C=N–C) groups is 2. The van der Waals surface area contributed by atoms with Crippen LogP contribution in [0.4, 0.5) is 0 Å². The van der Waals surface area contributed by atoms with Crippen LogP contribution < -0.4 is 5.73 Å². The lowest BCUT2D eigenvalue weighted by Gasteiger charge is -1.69. The number of hydrogen-bond acceptors (Lipinski definition) is 12. The van der Waals surface area contributed by atoms with E-state index in [4.69, 9.17) is 40.3 Å². The molecule has 1 unspecified atom stereocenters. The summed E-state index contributed by atoms with van der Waals surface area (Å²) in [6.07, 6.45) is 22.3. The Hall–Kier alpha value is -3.20. The molecule has 0 aromatic carbocycles. The number of carbonyl (C=O) groups is 2. The zero-order valence-electron chi connectivity index (χ0n) is 33.1. The van der Waals surface area contributed by atoms with Gasteiger partial charge in [0.1, 0.15) is 6.29 Å². The number of nitrogens with two attached hydrogens (primary N) is 1. The van der Waals surface area contributed by atoms with Crippen molar-refractivity contribution in [3.05, 3.63) is 37.0 Å². The second-order valence-electron chi connectivity index (χ2n) is 6.61. The molecule has 5 N–H and O–H groups in total. The fourth-order valence-corrected chi connectivity index (χ4v) is 0.304. The zero-order valence-corrected chi connectivity index (χ0v) is 35.6. The fourth-order valence-electron chi connectivity index (χ4n) is 0.304. The molecule has 1 aliphatic heterocycles. The lowest BCUT2D eigenvalue weighted by Crippen LogP contribution is -1.88. The molecular weight excluding hydrogens is 691 g/mol. The van der Waals surface area contributed by atoms with Crippen LogP contribution >= 0.6 is 24.8 Å². The summed E-state index contributed by atoms with van der Waals surface area (Å²) in [7, 11) is 1.81. The summed E-state index contributed by atoms with van der Waals surface area (Å²) < 4.78 is 30.7. The lowest BCUT2D eigenvalue weighted by molar-refractivity contribution is -0.134. The van der Waals surface area contributed by atoms with Crippen LogP contribution in [-0.4, -0.2) is 100 Å². The predicted molar refractivity (Wildman–Crippen MR) is 221 cm³/mol. The van der Waals surface area contributed by atoms with Gasteiger partial charge in [-0.15, -0.1) is 37.8 Å². The van der Waals surface area contributed by atoms with Gasteiger partial charge in [-0.25, -0.2) is 14.8 Å². The third-order valence-corrected chi connectivity index (χ3v) is 1.76. The van der Waals surface area contributed by atoms with E-state index >= 15 is 0 Å². The van der Waals surface area contributed by atoms with Crippen LogP contribution in [0.1, 0.15) is 82.1 Å². The summed E-state index contributed by atoms with van der Waals surface area (Å²) in [4.78, 5) is 32.9. The van der Waals surface area contributed by atoms with Gasteiger partial charge < -0.3 is 25.5 Å². The maximum atomic E-state index is 9.19. The quantitative estimate of drug-likeness (QED) is 0.0211. The van der Waals surface area contributed by atoms with Crippen molar-refractivity contribution in [1.29, 1.82) is 0 Å². The van der Waals surface area contributed by atoms with Crippen molar-refractivity contribution < 1.29 is 42.3 Å². The first-order chi connectivity index (χ1) is 22.8. The molecule has 1 heterocycles. The molecule has 1 saturated heterocycles. The number of nitrogens with zero attached hydrogens (tertiary/aromatic N) is 2. The normalized spacial score (nSPS) is 8.65. The molecule has 0 spiro atoms.